The number of thiazole rings is 1. The molecule has 5 aromatic rings. The van der Waals surface area contributed by atoms with Crippen LogP contribution in [0.3, 0.4) is 0 Å². The summed E-state index contributed by atoms with van der Waals surface area (Å²) in [5.74, 6) is 1.67. The minimum atomic E-state index is -0.244. The van der Waals surface area contributed by atoms with E-state index in [1.54, 1.807) is 36.2 Å². The van der Waals surface area contributed by atoms with E-state index in [1.807, 2.05) is 41.8 Å². The molecule has 8 nitrogen and oxygen atoms in total. The number of carbonyl (C=O) groups is 1. The number of carbonyl (C=O) groups excluding carboxylic acids is 1. The summed E-state index contributed by atoms with van der Waals surface area (Å²) in [6.07, 6.45) is 5.02. The third kappa shape index (κ3) is 5.29. The van der Waals surface area contributed by atoms with Crippen molar-refractivity contribution < 1.29 is 9.21 Å². The number of furan rings is 1. The summed E-state index contributed by atoms with van der Waals surface area (Å²) in [5, 5.41) is 15.6. The lowest BCUT2D eigenvalue weighted by Crippen LogP contribution is -2.22. The number of nitrogens with one attached hydrogen (secondary N) is 1. The Morgan fingerprint density at radius 2 is 2.06 bits per heavy atom. The Kier molecular flexibility index (Phi) is 6.94. The van der Waals surface area contributed by atoms with E-state index in [2.05, 4.69) is 25.5 Å². The van der Waals surface area contributed by atoms with Crippen molar-refractivity contribution in [2.45, 2.75) is 24.4 Å². The summed E-state index contributed by atoms with van der Waals surface area (Å²) in [4.78, 5) is 21.0. The van der Waals surface area contributed by atoms with Crippen LogP contribution in [0.25, 0.3) is 17.1 Å². The molecule has 35 heavy (non-hydrogen) atoms. The standard InChI is InChI=1S/C24H19ClN6O2S2/c1-15-4-5-17(25)11-20(15)31-22(16-6-8-26-9-7-16)29-30-24(31)35-14-21-28-19(13-34-21)23(32)27-12-18-3-2-10-33-18/h2-11,13H,12,14H2,1H3,(H,27,32). The maximum atomic E-state index is 12.4. The molecule has 4 heterocycles. The first-order valence-electron chi connectivity index (χ1n) is 10.6. The molecule has 0 atom stereocenters. The predicted molar refractivity (Wildman–Crippen MR) is 136 cm³/mol. The number of nitrogens with zero attached hydrogens (tertiary/aromatic N) is 5. The van der Waals surface area contributed by atoms with Crippen LogP contribution in [0.2, 0.25) is 5.02 Å². The van der Waals surface area contributed by atoms with Gasteiger partial charge in [-0.3, -0.25) is 14.3 Å². The minimum Gasteiger partial charge on any atom is -0.467 e. The maximum Gasteiger partial charge on any atom is 0.271 e. The lowest BCUT2D eigenvalue weighted by atomic mass is 10.2. The Morgan fingerprint density at radius 1 is 1.20 bits per heavy atom. The van der Waals surface area contributed by atoms with Crippen molar-refractivity contribution in [2.24, 2.45) is 0 Å². The summed E-state index contributed by atoms with van der Waals surface area (Å²) in [7, 11) is 0. The highest BCUT2D eigenvalue weighted by molar-refractivity contribution is 7.98. The fourth-order valence-corrected chi connectivity index (χ4v) is 5.27. The number of amides is 1. The van der Waals surface area contributed by atoms with Gasteiger partial charge in [0.2, 0.25) is 0 Å². The zero-order valence-electron chi connectivity index (χ0n) is 18.5. The molecular weight excluding hydrogens is 504 g/mol. The molecule has 0 bridgehead atoms. The van der Waals surface area contributed by atoms with Crippen LogP contribution in [-0.4, -0.2) is 30.6 Å². The van der Waals surface area contributed by atoms with Crippen LogP contribution in [0.1, 0.15) is 26.8 Å². The molecule has 11 heteroatoms. The number of pyridine rings is 1. The first-order valence-corrected chi connectivity index (χ1v) is 12.8. The van der Waals surface area contributed by atoms with Crippen molar-refractivity contribution in [3.63, 3.8) is 0 Å². The molecule has 4 aromatic heterocycles. The molecular formula is C24H19ClN6O2S2. The quantitative estimate of drug-likeness (QED) is 0.266. The van der Waals surface area contributed by atoms with Gasteiger partial charge in [0.25, 0.3) is 5.91 Å². The van der Waals surface area contributed by atoms with Crippen molar-refractivity contribution in [3.8, 4) is 17.1 Å². The van der Waals surface area contributed by atoms with Gasteiger partial charge >= 0.3 is 0 Å². The zero-order valence-corrected chi connectivity index (χ0v) is 20.9. The Bertz CT molecular complexity index is 1450. The summed E-state index contributed by atoms with van der Waals surface area (Å²) in [5.41, 5.74) is 3.20. The minimum absolute atomic E-state index is 0.244. The number of hydrogen-bond acceptors (Lipinski definition) is 8. The van der Waals surface area contributed by atoms with Crippen molar-refractivity contribution in [1.29, 1.82) is 0 Å². The highest BCUT2D eigenvalue weighted by atomic mass is 35.5. The van der Waals surface area contributed by atoms with Crippen molar-refractivity contribution in [2.75, 3.05) is 0 Å². The highest BCUT2D eigenvalue weighted by Gasteiger charge is 2.19. The molecule has 5 rings (SSSR count). The monoisotopic (exact) mass is 522 g/mol. The average Bonchev–Trinajstić information content (AvgIpc) is 3.64. The summed E-state index contributed by atoms with van der Waals surface area (Å²) < 4.78 is 7.24. The summed E-state index contributed by atoms with van der Waals surface area (Å²) in [6.45, 7) is 2.33. The number of aromatic nitrogens is 5. The Hall–Kier alpha value is -3.47. The number of aryl methyl sites for hydroxylation is 1. The fraction of sp³-hybridized carbons (Fsp3) is 0.125. The number of hydrogen-bond donors (Lipinski definition) is 1. The maximum absolute atomic E-state index is 12.4. The summed E-state index contributed by atoms with van der Waals surface area (Å²) >= 11 is 9.25. The predicted octanol–water partition coefficient (Wildman–Crippen LogP) is 5.56. The highest BCUT2D eigenvalue weighted by Crippen LogP contribution is 2.32. The van der Waals surface area contributed by atoms with E-state index in [4.69, 9.17) is 16.0 Å². The van der Waals surface area contributed by atoms with Crippen LogP contribution in [0.4, 0.5) is 0 Å². The topological polar surface area (TPSA) is 98.7 Å². The molecule has 0 radical (unpaired) electrons. The van der Waals surface area contributed by atoms with Gasteiger partial charge < -0.3 is 9.73 Å². The summed E-state index contributed by atoms with van der Waals surface area (Å²) in [6, 6.07) is 13.1. The SMILES string of the molecule is Cc1ccc(Cl)cc1-n1c(SCc2nc(C(=O)NCc3ccco3)cs2)nnc1-c1ccncc1. The number of benzene rings is 1. The van der Waals surface area contributed by atoms with E-state index in [-0.39, 0.29) is 5.91 Å². The molecule has 1 aromatic carbocycles. The van der Waals surface area contributed by atoms with Crippen molar-refractivity contribution in [3.05, 3.63) is 93.5 Å². The van der Waals surface area contributed by atoms with E-state index in [9.17, 15) is 4.79 Å². The van der Waals surface area contributed by atoms with E-state index in [1.165, 1.54) is 23.1 Å². The van der Waals surface area contributed by atoms with Gasteiger partial charge in [-0.05, 0) is 48.9 Å². The molecule has 0 aliphatic carbocycles. The molecule has 0 saturated carbocycles. The van der Waals surface area contributed by atoms with Gasteiger partial charge in [-0.15, -0.1) is 21.5 Å². The van der Waals surface area contributed by atoms with E-state index >= 15 is 0 Å². The first kappa shape index (κ1) is 23.3. The number of thioether (sulfide) groups is 1. The van der Waals surface area contributed by atoms with Crippen molar-refractivity contribution >= 4 is 40.6 Å². The molecule has 1 N–H and O–H groups in total. The Morgan fingerprint density at radius 3 is 2.86 bits per heavy atom. The molecule has 176 valence electrons. The van der Waals surface area contributed by atoms with Gasteiger partial charge in [-0.1, -0.05) is 29.4 Å². The van der Waals surface area contributed by atoms with E-state index < -0.39 is 0 Å². The molecule has 0 saturated heterocycles. The second-order valence-electron chi connectivity index (χ2n) is 7.49. The Balaban J connectivity index is 1.37. The molecule has 0 aliphatic heterocycles. The average molecular weight is 523 g/mol. The lowest BCUT2D eigenvalue weighted by molar-refractivity contribution is 0.0943. The van der Waals surface area contributed by atoms with Gasteiger partial charge in [-0.25, -0.2) is 4.98 Å². The van der Waals surface area contributed by atoms with Crippen molar-refractivity contribution in [1.82, 2.24) is 30.0 Å². The second-order valence-corrected chi connectivity index (χ2v) is 9.81. The van der Waals surface area contributed by atoms with Gasteiger partial charge in [0.15, 0.2) is 11.0 Å². The fourth-order valence-electron chi connectivity index (χ4n) is 3.37. The van der Waals surface area contributed by atoms with Gasteiger partial charge in [0.1, 0.15) is 16.5 Å². The second kappa shape index (κ2) is 10.4. The smallest absolute Gasteiger partial charge is 0.271 e. The third-order valence-corrected chi connectivity index (χ3v) is 7.30. The van der Waals surface area contributed by atoms with Crippen LogP contribution in [-0.2, 0) is 12.3 Å². The van der Waals surface area contributed by atoms with Crippen LogP contribution >= 0.6 is 34.7 Å². The Labute approximate surface area is 214 Å². The molecule has 0 fully saturated rings. The van der Waals surface area contributed by atoms with Gasteiger partial charge in [0.05, 0.1) is 24.2 Å². The van der Waals surface area contributed by atoms with Gasteiger partial charge in [0, 0.05) is 28.4 Å². The molecule has 0 spiro atoms. The van der Waals surface area contributed by atoms with Crippen LogP contribution in [0.5, 0.6) is 0 Å². The van der Waals surface area contributed by atoms with Gasteiger partial charge in [-0.2, -0.15) is 0 Å². The lowest BCUT2D eigenvalue weighted by Gasteiger charge is -2.13. The van der Waals surface area contributed by atoms with Crippen LogP contribution < -0.4 is 5.32 Å². The zero-order chi connectivity index (χ0) is 24.2. The molecule has 0 unspecified atom stereocenters. The first-order chi connectivity index (χ1) is 17.1. The normalized spacial score (nSPS) is 11.0. The molecule has 1 amide bonds. The van der Waals surface area contributed by atoms with Crippen LogP contribution in [0, 0.1) is 6.92 Å². The third-order valence-electron chi connectivity index (χ3n) is 5.10. The van der Waals surface area contributed by atoms with Crippen LogP contribution in [0.15, 0.2) is 76.1 Å². The number of halogens is 1. The van der Waals surface area contributed by atoms with E-state index in [0.29, 0.717) is 39.8 Å². The van der Waals surface area contributed by atoms with E-state index in [0.717, 1.165) is 21.8 Å². The molecule has 0 aliphatic rings. The number of rotatable bonds is 8. The largest absolute Gasteiger partial charge is 0.467 e.